The monoisotopic (exact) mass is 156 g/mol. The van der Waals surface area contributed by atoms with Gasteiger partial charge in [-0.2, -0.15) is 0 Å². The maximum Gasteiger partial charge on any atom is 0.132 e. The van der Waals surface area contributed by atoms with Gasteiger partial charge < -0.3 is 4.74 Å². The van der Waals surface area contributed by atoms with Crippen molar-refractivity contribution in [2.45, 2.75) is 39.2 Å². The fourth-order valence-electron chi connectivity index (χ4n) is 1.53. The number of hydrogen-bond donors (Lipinski definition) is 0. The minimum atomic E-state index is 0.205. The van der Waals surface area contributed by atoms with E-state index in [1.807, 2.05) is 0 Å². The molecule has 1 saturated heterocycles. The number of ketones is 1. The molecule has 0 aromatic heterocycles. The van der Waals surface area contributed by atoms with Gasteiger partial charge in [-0.3, -0.25) is 4.79 Å². The molecule has 2 heteroatoms. The van der Waals surface area contributed by atoms with E-state index in [9.17, 15) is 4.79 Å². The van der Waals surface area contributed by atoms with Crippen LogP contribution in [0.3, 0.4) is 0 Å². The average molecular weight is 156 g/mol. The van der Waals surface area contributed by atoms with Gasteiger partial charge in [0.15, 0.2) is 0 Å². The average Bonchev–Trinajstić information content (AvgIpc) is 1.85. The molecule has 0 aliphatic carbocycles. The first kappa shape index (κ1) is 8.72. The second-order valence-electron chi connectivity index (χ2n) is 3.53. The van der Waals surface area contributed by atoms with E-state index in [1.165, 1.54) is 0 Å². The summed E-state index contributed by atoms with van der Waals surface area (Å²) in [5, 5.41) is 0. The molecule has 0 bridgehead atoms. The number of Topliss-reactive ketones (excluding diaryl/α,β-unsaturated/α-hetero) is 1. The van der Waals surface area contributed by atoms with E-state index in [1.54, 1.807) is 6.92 Å². The maximum atomic E-state index is 10.7. The summed E-state index contributed by atoms with van der Waals surface area (Å²) in [5.74, 6) is 0.970. The molecule has 2 nitrogen and oxygen atoms in total. The number of ether oxygens (including phenoxy) is 1. The number of hydrogen-bond acceptors (Lipinski definition) is 2. The van der Waals surface area contributed by atoms with Gasteiger partial charge in [0, 0.05) is 13.0 Å². The zero-order chi connectivity index (χ0) is 8.27. The Kier molecular flexibility index (Phi) is 3.06. The smallest absolute Gasteiger partial charge is 0.132 e. The Hall–Kier alpha value is -0.370. The summed E-state index contributed by atoms with van der Waals surface area (Å²) in [6.07, 6.45) is 3.01. The summed E-state index contributed by atoms with van der Waals surface area (Å²) >= 11 is 0. The third-order valence-corrected chi connectivity index (χ3v) is 2.14. The zero-order valence-corrected chi connectivity index (χ0v) is 7.30. The van der Waals surface area contributed by atoms with Gasteiger partial charge in [0.2, 0.25) is 0 Å². The van der Waals surface area contributed by atoms with Gasteiger partial charge in [-0.1, -0.05) is 6.92 Å². The Morgan fingerprint density at radius 2 is 2.36 bits per heavy atom. The molecule has 11 heavy (non-hydrogen) atoms. The summed E-state index contributed by atoms with van der Waals surface area (Å²) in [7, 11) is 0. The third-order valence-electron chi connectivity index (χ3n) is 2.14. The highest BCUT2D eigenvalue weighted by atomic mass is 16.5. The van der Waals surface area contributed by atoms with Crippen molar-refractivity contribution in [3.63, 3.8) is 0 Å². The second kappa shape index (κ2) is 3.86. The summed E-state index contributed by atoms with van der Waals surface area (Å²) in [4.78, 5) is 10.7. The van der Waals surface area contributed by atoms with Crippen molar-refractivity contribution < 1.29 is 9.53 Å². The van der Waals surface area contributed by atoms with E-state index in [0.717, 1.165) is 25.4 Å². The van der Waals surface area contributed by atoms with Crippen molar-refractivity contribution in [3.05, 3.63) is 0 Å². The second-order valence-corrected chi connectivity index (χ2v) is 3.53. The molecule has 0 N–H and O–H groups in total. The molecule has 0 aromatic rings. The lowest BCUT2D eigenvalue weighted by Crippen LogP contribution is -2.25. The predicted molar refractivity (Wildman–Crippen MR) is 43.4 cm³/mol. The van der Waals surface area contributed by atoms with E-state index in [4.69, 9.17) is 4.74 Å². The Morgan fingerprint density at radius 1 is 1.64 bits per heavy atom. The van der Waals surface area contributed by atoms with Crippen LogP contribution < -0.4 is 0 Å². The number of carbonyl (C=O) groups excluding carboxylic acids is 1. The topological polar surface area (TPSA) is 26.3 Å². The quantitative estimate of drug-likeness (QED) is 0.609. The van der Waals surface area contributed by atoms with Crippen LogP contribution >= 0.6 is 0 Å². The Labute approximate surface area is 67.9 Å². The van der Waals surface area contributed by atoms with Crippen LogP contribution in [0.1, 0.15) is 33.1 Å². The molecule has 0 saturated carbocycles. The van der Waals surface area contributed by atoms with Crippen LogP contribution in [-0.4, -0.2) is 18.5 Å². The lowest BCUT2D eigenvalue weighted by Gasteiger charge is -2.26. The summed E-state index contributed by atoms with van der Waals surface area (Å²) in [5.41, 5.74) is 0. The van der Waals surface area contributed by atoms with Gasteiger partial charge in [0.25, 0.3) is 0 Å². The highest BCUT2D eigenvalue weighted by molar-refractivity contribution is 5.75. The molecule has 0 spiro atoms. The molecule has 1 aliphatic heterocycles. The predicted octanol–water partition coefficient (Wildman–Crippen LogP) is 1.78. The van der Waals surface area contributed by atoms with E-state index < -0.39 is 0 Å². The standard InChI is InChI=1S/C9H16O2/c1-7-3-4-11-9(5-7)6-8(2)10/h7,9H,3-6H2,1-2H3. The van der Waals surface area contributed by atoms with Gasteiger partial charge in [-0.25, -0.2) is 0 Å². The van der Waals surface area contributed by atoms with Crippen LogP contribution in [0.2, 0.25) is 0 Å². The van der Waals surface area contributed by atoms with Crippen molar-refractivity contribution >= 4 is 5.78 Å². The SMILES string of the molecule is CC(=O)CC1CC(C)CCO1. The fourth-order valence-corrected chi connectivity index (χ4v) is 1.53. The molecule has 1 rings (SSSR count). The fraction of sp³-hybridized carbons (Fsp3) is 0.889. The van der Waals surface area contributed by atoms with Crippen LogP contribution in [0.25, 0.3) is 0 Å². The molecule has 2 atom stereocenters. The van der Waals surface area contributed by atoms with Crippen LogP contribution in [0.4, 0.5) is 0 Å². The van der Waals surface area contributed by atoms with E-state index in [-0.39, 0.29) is 11.9 Å². The molecule has 1 heterocycles. The Bertz CT molecular complexity index is 142. The molecule has 0 radical (unpaired) electrons. The van der Waals surface area contributed by atoms with Crippen LogP contribution in [-0.2, 0) is 9.53 Å². The van der Waals surface area contributed by atoms with E-state index >= 15 is 0 Å². The lowest BCUT2D eigenvalue weighted by atomic mass is 9.95. The minimum absolute atomic E-state index is 0.205. The van der Waals surface area contributed by atoms with Crippen molar-refractivity contribution in [3.8, 4) is 0 Å². The molecular formula is C9H16O2. The largest absolute Gasteiger partial charge is 0.378 e. The van der Waals surface area contributed by atoms with Crippen molar-refractivity contribution in [1.82, 2.24) is 0 Å². The highest BCUT2D eigenvalue weighted by Crippen LogP contribution is 2.21. The summed E-state index contributed by atoms with van der Waals surface area (Å²) in [6.45, 7) is 4.68. The molecule has 1 aliphatic rings. The Morgan fingerprint density at radius 3 is 2.91 bits per heavy atom. The van der Waals surface area contributed by atoms with Crippen molar-refractivity contribution in [2.24, 2.45) is 5.92 Å². The van der Waals surface area contributed by atoms with Gasteiger partial charge in [0.1, 0.15) is 5.78 Å². The summed E-state index contributed by atoms with van der Waals surface area (Å²) < 4.78 is 5.44. The third kappa shape index (κ3) is 3.02. The molecule has 64 valence electrons. The normalized spacial score (nSPS) is 31.8. The Balaban J connectivity index is 2.28. The molecule has 0 aromatic carbocycles. The number of carbonyl (C=O) groups is 1. The summed E-state index contributed by atoms with van der Waals surface area (Å²) in [6, 6.07) is 0. The van der Waals surface area contributed by atoms with Gasteiger partial charge in [0.05, 0.1) is 6.10 Å². The van der Waals surface area contributed by atoms with E-state index in [2.05, 4.69) is 6.92 Å². The van der Waals surface area contributed by atoms with Crippen LogP contribution in [0.15, 0.2) is 0 Å². The maximum absolute atomic E-state index is 10.7. The van der Waals surface area contributed by atoms with Crippen LogP contribution in [0, 0.1) is 5.92 Å². The van der Waals surface area contributed by atoms with Crippen LogP contribution in [0.5, 0.6) is 0 Å². The van der Waals surface area contributed by atoms with Gasteiger partial charge >= 0.3 is 0 Å². The molecular weight excluding hydrogens is 140 g/mol. The highest BCUT2D eigenvalue weighted by Gasteiger charge is 2.20. The van der Waals surface area contributed by atoms with Crippen molar-refractivity contribution in [2.75, 3.05) is 6.61 Å². The van der Waals surface area contributed by atoms with Gasteiger partial charge in [-0.05, 0) is 25.7 Å². The van der Waals surface area contributed by atoms with Crippen molar-refractivity contribution in [1.29, 1.82) is 0 Å². The lowest BCUT2D eigenvalue weighted by molar-refractivity contribution is -0.121. The minimum Gasteiger partial charge on any atom is -0.378 e. The zero-order valence-electron chi connectivity index (χ0n) is 7.30. The number of rotatable bonds is 2. The first-order chi connectivity index (χ1) is 5.18. The first-order valence-corrected chi connectivity index (χ1v) is 4.29. The van der Waals surface area contributed by atoms with Gasteiger partial charge in [-0.15, -0.1) is 0 Å². The molecule has 0 amide bonds. The molecule has 2 unspecified atom stereocenters. The molecule has 1 fully saturated rings. The van der Waals surface area contributed by atoms with E-state index in [0.29, 0.717) is 6.42 Å². The first-order valence-electron chi connectivity index (χ1n) is 4.29.